The molecule has 0 radical (unpaired) electrons. The molecule has 2 bridgehead atoms. The van der Waals surface area contributed by atoms with Crippen LogP contribution < -0.4 is 0 Å². The van der Waals surface area contributed by atoms with Gasteiger partial charge in [0.25, 0.3) is 11.7 Å². The molecule has 68 heavy (non-hydrogen) atoms. The number of carbonyl (C=O) groups excluding carboxylic acids is 5. The Balaban J connectivity index is 1.70. The van der Waals surface area contributed by atoms with Crippen LogP contribution in [0, 0.1) is 35.5 Å². The number of hydrogen-bond acceptors (Lipinski definition) is 13. The van der Waals surface area contributed by atoms with Gasteiger partial charge in [-0.25, -0.2) is 4.79 Å². The van der Waals surface area contributed by atoms with Crippen LogP contribution in [0.5, 0.6) is 0 Å². The molecule has 0 aromatic carbocycles. The standard InChI is InChI=1S/C54H85NO13/c1-12-26-66-44-24-22-40(30-47(44)64-10)29-36(5)46-32-43(56)35(4)28-38(7)49(58)50(65-11)48(57)37(6)27-33(2)18-14-13-15-19-34(3)45(63-9)31-41-23-21-39(8)54(62,68-41)51(59)52(60)55-25-17-16-20-42(55)53(61)67-46/h13-15,18-19,28,33,35-37,39-42,44-47,49-50,58,62H,12,16-17,20-27,29-32H2,1-11H3/b15-13?,18-14+,34-19?,38-28-. The topological polar surface area (TPSA) is 184 Å². The number of methoxy groups -OCH3 is 3. The Hall–Kier alpha value is -3.37. The maximum absolute atomic E-state index is 14.5. The number of cyclic esters (lactones) is 1. The lowest BCUT2D eigenvalue weighted by atomic mass is 9.78. The lowest BCUT2D eigenvalue weighted by Gasteiger charge is -2.42. The number of Topliss-reactive ketones (excluding diaryl/α,β-unsaturated/α-hetero) is 3. The highest BCUT2D eigenvalue weighted by Gasteiger charge is 2.53. The van der Waals surface area contributed by atoms with E-state index in [-0.39, 0.29) is 60.9 Å². The van der Waals surface area contributed by atoms with E-state index in [1.807, 2.05) is 58.1 Å². The largest absolute Gasteiger partial charge is 0.460 e. The highest BCUT2D eigenvalue weighted by molar-refractivity contribution is 6.39. The Morgan fingerprint density at radius 2 is 1.59 bits per heavy atom. The summed E-state index contributed by atoms with van der Waals surface area (Å²) in [5, 5.41) is 23.5. The van der Waals surface area contributed by atoms with Crippen molar-refractivity contribution >= 4 is 29.2 Å². The number of fused-ring (bicyclic) bond motifs is 3. The van der Waals surface area contributed by atoms with Crippen LogP contribution in [0.2, 0.25) is 0 Å². The smallest absolute Gasteiger partial charge is 0.329 e. The van der Waals surface area contributed by atoms with Gasteiger partial charge < -0.3 is 43.5 Å². The fraction of sp³-hybridized carbons (Fsp3) is 0.759. The fourth-order valence-electron chi connectivity index (χ4n) is 10.6. The van der Waals surface area contributed by atoms with E-state index >= 15 is 0 Å². The third-order valence-corrected chi connectivity index (χ3v) is 15.0. The molecule has 0 aromatic rings. The monoisotopic (exact) mass is 956 g/mol. The minimum absolute atomic E-state index is 0.0147. The van der Waals surface area contributed by atoms with Gasteiger partial charge in [-0.2, -0.15) is 0 Å². The van der Waals surface area contributed by atoms with Crippen LogP contribution in [0.15, 0.2) is 47.6 Å². The maximum atomic E-state index is 14.5. The number of esters is 1. The summed E-state index contributed by atoms with van der Waals surface area (Å²) in [7, 11) is 4.66. The molecule has 14 heteroatoms. The summed E-state index contributed by atoms with van der Waals surface area (Å²) in [4.78, 5) is 72.2. The zero-order valence-electron chi connectivity index (χ0n) is 43.0. The highest BCUT2D eigenvalue weighted by Crippen LogP contribution is 2.38. The molecule has 2 saturated heterocycles. The number of aliphatic hydroxyl groups excluding tert-OH is 1. The Labute approximate surface area is 406 Å². The van der Waals surface area contributed by atoms with E-state index in [9.17, 15) is 34.2 Å². The zero-order chi connectivity index (χ0) is 50.3. The van der Waals surface area contributed by atoms with E-state index in [2.05, 4.69) is 6.92 Å². The predicted octanol–water partition coefficient (Wildman–Crippen LogP) is 7.61. The number of rotatable bonds is 9. The van der Waals surface area contributed by atoms with Crippen molar-refractivity contribution in [3.63, 3.8) is 0 Å². The first kappa shape index (κ1) is 57.2. The second kappa shape index (κ2) is 27.3. The van der Waals surface area contributed by atoms with Gasteiger partial charge in [-0.1, -0.05) is 78.0 Å². The van der Waals surface area contributed by atoms with Gasteiger partial charge in [0.1, 0.15) is 30.1 Å². The van der Waals surface area contributed by atoms with Crippen molar-refractivity contribution in [1.29, 1.82) is 0 Å². The predicted molar refractivity (Wildman–Crippen MR) is 259 cm³/mol. The Bertz CT molecular complexity index is 1810. The Kier molecular flexibility index (Phi) is 23.0. The van der Waals surface area contributed by atoms with Gasteiger partial charge in [0.15, 0.2) is 5.78 Å². The van der Waals surface area contributed by atoms with Gasteiger partial charge in [-0.05, 0) is 113 Å². The van der Waals surface area contributed by atoms with Gasteiger partial charge in [-0.3, -0.25) is 19.2 Å². The van der Waals surface area contributed by atoms with E-state index in [4.69, 9.17) is 28.4 Å². The van der Waals surface area contributed by atoms with Crippen LogP contribution in [-0.2, 0) is 52.4 Å². The van der Waals surface area contributed by atoms with E-state index in [0.29, 0.717) is 57.1 Å². The van der Waals surface area contributed by atoms with Crippen LogP contribution in [0.3, 0.4) is 0 Å². The zero-order valence-corrected chi connectivity index (χ0v) is 43.0. The van der Waals surface area contributed by atoms with Crippen molar-refractivity contribution in [3.8, 4) is 0 Å². The number of hydrogen-bond donors (Lipinski definition) is 2. The van der Waals surface area contributed by atoms with E-state index in [1.165, 1.54) is 12.0 Å². The van der Waals surface area contributed by atoms with Crippen molar-refractivity contribution in [3.05, 3.63) is 47.6 Å². The van der Waals surface area contributed by atoms with Crippen molar-refractivity contribution in [2.45, 2.75) is 193 Å². The second-order valence-electron chi connectivity index (χ2n) is 20.4. The molecule has 15 unspecified atom stereocenters. The second-order valence-corrected chi connectivity index (χ2v) is 20.4. The van der Waals surface area contributed by atoms with Crippen molar-refractivity contribution in [1.82, 2.24) is 4.90 Å². The molecule has 0 aromatic heterocycles. The number of aliphatic hydroxyl groups is 2. The minimum atomic E-state index is -2.42. The number of nitrogens with zero attached hydrogens (tertiary/aromatic N) is 1. The summed E-state index contributed by atoms with van der Waals surface area (Å²) in [5.74, 6) is -7.71. The molecule has 15 atom stereocenters. The van der Waals surface area contributed by atoms with Gasteiger partial charge >= 0.3 is 5.97 Å². The van der Waals surface area contributed by atoms with Crippen LogP contribution in [-0.4, -0.2) is 133 Å². The van der Waals surface area contributed by atoms with E-state index in [0.717, 1.165) is 31.3 Å². The quantitative estimate of drug-likeness (QED) is 0.131. The molecule has 4 rings (SSSR count). The average molecular weight is 956 g/mol. The van der Waals surface area contributed by atoms with E-state index < -0.39 is 77.8 Å². The van der Waals surface area contributed by atoms with Crippen LogP contribution in [0.4, 0.5) is 0 Å². The first-order valence-electron chi connectivity index (χ1n) is 25.4. The van der Waals surface area contributed by atoms with Crippen LogP contribution in [0.1, 0.15) is 139 Å². The van der Waals surface area contributed by atoms with Gasteiger partial charge in [-0.15, -0.1) is 0 Å². The number of ketones is 3. The SMILES string of the molecule is CCCOC1CCC(CC(C)C2CC(=O)C(C)/C=C(/C)C(O)C(OC)C(=O)C(C)CC(C)/C=C/C=CC=C(C)C(OC)CC3CCC(C)C(O)(O3)C(=O)C(=O)N3CCCCC3C(=O)O2)CC1OC. The molecular formula is C54H85NO13. The number of allylic oxidation sites excluding steroid dienone is 6. The molecule has 1 aliphatic carbocycles. The molecule has 384 valence electrons. The summed E-state index contributed by atoms with van der Waals surface area (Å²) in [6.07, 6.45) is 13.7. The highest BCUT2D eigenvalue weighted by atomic mass is 16.6. The number of ether oxygens (including phenoxy) is 6. The summed E-state index contributed by atoms with van der Waals surface area (Å²) in [6.45, 7) is 15.6. The third kappa shape index (κ3) is 15.3. The summed E-state index contributed by atoms with van der Waals surface area (Å²) >= 11 is 0. The average Bonchev–Trinajstić information content (AvgIpc) is 3.32. The lowest BCUT2D eigenvalue weighted by Crippen LogP contribution is -2.61. The molecule has 3 fully saturated rings. The molecule has 0 spiro atoms. The number of carbonyl (C=O) groups is 5. The van der Waals surface area contributed by atoms with Gasteiger partial charge in [0.05, 0.1) is 24.4 Å². The van der Waals surface area contributed by atoms with Gasteiger partial charge in [0, 0.05) is 65.1 Å². The number of amides is 1. The van der Waals surface area contributed by atoms with Crippen LogP contribution in [0.25, 0.3) is 0 Å². The third-order valence-electron chi connectivity index (χ3n) is 15.0. The Morgan fingerprint density at radius 3 is 2.26 bits per heavy atom. The fourth-order valence-corrected chi connectivity index (χ4v) is 10.6. The Morgan fingerprint density at radius 1 is 0.853 bits per heavy atom. The summed E-state index contributed by atoms with van der Waals surface area (Å²) < 4.78 is 35.9. The van der Waals surface area contributed by atoms with Gasteiger partial charge in [0.2, 0.25) is 5.79 Å². The van der Waals surface area contributed by atoms with Crippen LogP contribution >= 0.6 is 0 Å². The molecule has 3 aliphatic heterocycles. The minimum Gasteiger partial charge on any atom is -0.460 e. The van der Waals surface area contributed by atoms with Crippen molar-refractivity contribution < 1.29 is 62.6 Å². The molecule has 2 N–H and O–H groups in total. The molecule has 4 aliphatic rings. The molecule has 1 amide bonds. The first-order valence-corrected chi connectivity index (χ1v) is 25.4. The van der Waals surface area contributed by atoms with Crippen molar-refractivity contribution in [2.75, 3.05) is 34.5 Å². The molecule has 3 heterocycles. The molecular weight excluding hydrogens is 871 g/mol. The number of piperidine rings is 1. The molecule has 14 nitrogen and oxygen atoms in total. The summed E-state index contributed by atoms with van der Waals surface area (Å²) in [6, 6.07) is -1.12. The van der Waals surface area contributed by atoms with Crippen molar-refractivity contribution in [2.24, 2.45) is 35.5 Å². The lowest BCUT2D eigenvalue weighted by molar-refractivity contribution is -0.265. The maximum Gasteiger partial charge on any atom is 0.329 e. The summed E-state index contributed by atoms with van der Waals surface area (Å²) in [5.41, 5.74) is 1.29. The normalized spacial score (nSPS) is 37.9. The molecule has 1 saturated carbocycles. The first-order chi connectivity index (χ1) is 32.3. The van der Waals surface area contributed by atoms with E-state index in [1.54, 1.807) is 41.1 Å².